The minimum Gasteiger partial charge on any atom is -0.378 e. The summed E-state index contributed by atoms with van der Waals surface area (Å²) in [5, 5.41) is 2.99. The molecule has 0 radical (unpaired) electrons. The van der Waals surface area contributed by atoms with Gasteiger partial charge in [-0.2, -0.15) is 0 Å². The van der Waals surface area contributed by atoms with Crippen LogP contribution >= 0.6 is 11.3 Å². The van der Waals surface area contributed by atoms with Gasteiger partial charge in [0.05, 0.1) is 28.8 Å². The number of para-hydroxylation sites is 1. The van der Waals surface area contributed by atoms with Gasteiger partial charge in [-0.1, -0.05) is 24.3 Å². The quantitative estimate of drug-likeness (QED) is 0.431. The summed E-state index contributed by atoms with van der Waals surface area (Å²) in [7, 11) is 0. The van der Waals surface area contributed by atoms with E-state index < -0.39 is 17.2 Å². The monoisotopic (exact) mass is 493 g/mol. The summed E-state index contributed by atoms with van der Waals surface area (Å²) >= 11 is 1.36. The highest BCUT2D eigenvalue weighted by molar-refractivity contribution is 7.24. The van der Waals surface area contributed by atoms with E-state index in [9.17, 15) is 9.59 Å². The first-order valence-electron chi connectivity index (χ1n) is 11.7. The molecule has 0 atom stereocenters. The third kappa shape index (κ3) is 3.87. The Bertz CT molecular complexity index is 1530. The van der Waals surface area contributed by atoms with Crippen molar-refractivity contribution < 1.29 is 13.9 Å². The van der Waals surface area contributed by atoms with Gasteiger partial charge in [0.15, 0.2) is 17.3 Å². The number of rotatable bonds is 5. The number of aromatic nitrogens is 2. The number of carbonyl (C=O) groups is 1. The number of hydrogen-bond donors (Lipinski definition) is 1. The van der Waals surface area contributed by atoms with Crippen LogP contribution in [0.3, 0.4) is 0 Å². The number of hydrogen-bond acceptors (Lipinski definition) is 7. The van der Waals surface area contributed by atoms with Crippen molar-refractivity contribution in [2.45, 2.75) is 0 Å². The molecular weight excluding hydrogens is 469 g/mol. The van der Waals surface area contributed by atoms with Crippen molar-refractivity contribution in [2.75, 3.05) is 57.4 Å². The Labute approximate surface area is 204 Å². The first kappa shape index (κ1) is 22.1. The van der Waals surface area contributed by atoms with Crippen LogP contribution in [-0.4, -0.2) is 72.7 Å². The summed E-state index contributed by atoms with van der Waals surface area (Å²) in [5.74, 6) is -0.838. The van der Waals surface area contributed by atoms with Crippen LogP contribution in [0.15, 0.2) is 47.3 Å². The second-order valence-corrected chi connectivity index (χ2v) is 9.70. The molecule has 10 heteroatoms. The molecule has 5 heterocycles. The van der Waals surface area contributed by atoms with Gasteiger partial charge in [0.25, 0.3) is 5.91 Å². The number of nitrogens with zero attached hydrogens (tertiary/aromatic N) is 4. The molecule has 1 N–H and O–H groups in total. The zero-order valence-corrected chi connectivity index (χ0v) is 19.8. The van der Waals surface area contributed by atoms with Gasteiger partial charge in [0.1, 0.15) is 10.4 Å². The van der Waals surface area contributed by atoms with Crippen LogP contribution < -0.4 is 15.6 Å². The normalized spacial score (nSPS) is 16.7. The number of morpholine rings is 1. The van der Waals surface area contributed by atoms with E-state index in [1.165, 1.54) is 17.4 Å². The number of carbonyl (C=O) groups excluding carboxylic acids is 1. The lowest BCUT2D eigenvalue weighted by molar-refractivity contribution is 0.0950. The van der Waals surface area contributed by atoms with Crippen molar-refractivity contribution >= 4 is 49.1 Å². The Morgan fingerprint density at radius 3 is 2.74 bits per heavy atom. The number of amides is 1. The van der Waals surface area contributed by atoms with Crippen molar-refractivity contribution in [2.24, 2.45) is 0 Å². The summed E-state index contributed by atoms with van der Waals surface area (Å²) < 4.78 is 23.4. The van der Waals surface area contributed by atoms with Gasteiger partial charge >= 0.3 is 0 Å². The topological polar surface area (TPSA) is 79.2 Å². The highest BCUT2D eigenvalue weighted by Gasteiger charge is 2.25. The molecule has 0 spiro atoms. The zero-order valence-electron chi connectivity index (χ0n) is 19.0. The largest absolute Gasteiger partial charge is 0.378 e. The van der Waals surface area contributed by atoms with Crippen molar-refractivity contribution in [1.29, 1.82) is 0 Å². The molecular formula is C25H24FN5O3S. The predicted octanol–water partition coefficient (Wildman–Crippen LogP) is 2.64. The SMILES string of the molecule is O=C(NCCN1CC=CC1)c1c(=O)c2cc(F)c(N3CCOCC3)nc2n2c1sc1ccccc12. The molecule has 1 aromatic carbocycles. The Kier molecular flexibility index (Phi) is 5.71. The Morgan fingerprint density at radius 1 is 1.17 bits per heavy atom. The fourth-order valence-corrected chi connectivity index (χ4v) is 5.90. The predicted molar refractivity (Wildman–Crippen MR) is 135 cm³/mol. The van der Waals surface area contributed by atoms with E-state index in [1.807, 2.05) is 33.6 Å². The molecule has 1 amide bonds. The molecule has 1 saturated heterocycles. The molecule has 6 rings (SSSR count). The van der Waals surface area contributed by atoms with Crippen LogP contribution in [0.2, 0.25) is 0 Å². The molecule has 35 heavy (non-hydrogen) atoms. The van der Waals surface area contributed by atoms with Gasteiger partial charge in [0.2, 0.25) is 5.43 Å². The standard InChI is InChI=1S/C25H24FN5O3S/c26-17-15-16-21(32)20(24(33)27-7-10-29-8-3-4-9-29)25-31(18-5-1-2-6-19(18)35-25)22(16)28-23(17)30-11-13-34-14-12-30/h1-6,15H,7-14H2,(H,27,33). The number of benzene rings is 1. The first-order chi connectivity index (χ1) is 17.1. The average molecular weight is 494 g/mol. The lowest BCUT2D eigenvalue weighted by Crippen LogP contribution is -2.37. The summed E-state index contributed by atoms with van der Waals surface area (Å²) in [6.45, 7) is 4.82. The second-order valence-electron chi connectivity index (χ2n) is 8.67. The number of nitrogens with one attached hydrogen (secondary N) is 1. The molecule has 0 aliphatic carbocycles. The molecule has 8 nitrogen and oxygen atoms in total. The van der Waals surface area contributed by atoms with E-state index in [0.717, 1.165) is 23.3 Å². The Balaban J connectivity index is 1.50. The van der Waals surface area contributed by atoms with Crippen LogP contribution in [0, 0.1) is 5.82 Å². The lowest BCUT2D eigenvalue weighted by atomic mass is 10.1. The fraction of sp³-hybridized carbons (Fsp3) is 0.320. The molecule has 0 saturated carbocycles. The van der Waals surface area contributed by atoms with E-state index in [4.69, 9.17) is 4.74 Å². The summed E-state index contributed by atoms with van der Waals surface area (Å²) in [4.78, 5) is 36.1. The highest BCUT2D eigenvalue weighted by Crippen LogP contribution is 2.32. The van der Waals surface area contributed by atoms with Gasteiger partial charge in [-0.05, 0) is 18.2 Å². The number of halogens is 1. The van der Waals surface area contributed by atoms with Crippen LogP contribution in [0.5, 0.6) is 0 Å². The van der Waals surface area contributed by atoms with Crippen molar-refractivity contribution in [3.63, 3.8) is 0 Å². The fourth-order valence-electron chi connectivity index (χ4n) is 4.72. The molecule has 0 unspecified atom stereocenters. The first-order valence-corrected chi connectivity index (χ1v) is 12.5. The summed E-state index contributed by atoms with van der Waals surface area (Å²) in [5.41, 5.74) is 0.692. The molecule has 180 valence electrons. The third-order valence-electron chi connectivity index (χ3n) is 6.50. The van der Waals surface area contributed by atoms with Crippen molar-refractivity contribution in [3.8, 4) is 0 Å². The maximum Gasteiger partial charge on any atom is 0.258 e. The zero-order chi connectivity index (χ0) is 23.9. The van der Waals surface area contributed by atoms with E-state index in [2.05, 4.69) is 27.4 Å². The third-order valence-corrected chi connectivity index (χ3v) is 7.64. The maximum atomic E-state index is 15.2. The van der Waals surface area contributed by atoms with Crippen LogP contribution in [-0.2, 0) is 4.74 Å². The smallest absolute Gasteiger partial charge is 0.258 e. The molecule has 2 aliphatic rings. The van der Waals surface area contributed by atoms with Crippen LogP contribution in [0.4, 0.5) is 10.2 Å². The van der Waals surface area contributed by atoms with Gasteiger partial charge in [-0.25, -0.2) is 9.37 Å². The van der Waals surface area contributed by atoms with Crippen molar-refractivity contribution in [1.82, 2.24) is 19.6 Å². The average Bonchev–Trinajstić information content (AvgIpc) is 3.52. The Morgan fingerprint density at radius 2 is 1.94 bits per heavy atom. The minimum atomic E-state index is -0.580. The van der Waals surface area contributed by atoms with Gasteiger partial charge in [0, 0.05) is 39.3 Å². The molecule has 3 aromatic heterocycles. The lowest BCUT2D eigenvalue weighted by Gasteiger charge is -2.28. The molecule has 1 fully saturated rings. The van der Waals surface area contributed by atoms with E-state index in [0.29, 0.717) is 49.9 Å². The number of pyridine rings is 2. The summed E-state index contributed by atoms with van der Waals surface area (Å²) in [6, 6.07) is 8.90. The van der Waals surface area contributed by atoms with E-state index >= 15 is 4.39 Å². The van der Waals surface area contributed by atoms with Crippen molar-refractivity contribution in [3.05, 3.63) is 64.1 Å². The number of ether oxygens (including phenoxy) is 1. The Hall–Kier alpha value is -3.34. The van der Waals surface area contributed by atoms with E-state index in [1.54, 1.807) is 0 Å². The molecule has 4 aromatic rings. The molecule has 0 bridgehead atoms. The second kappa shape index (κ2) is 9.03. The number of fused-ring (bicyclic) bond motifs is 5. The number of anilines is 1. The summed E-state index contributed by atoms with van der Waals surface area (Å²) in [6.07, 6.45) is 4.18. The van der Waals surface area contributed by atoms with Gasteiger partial charge < -0.3 is 15.0 Å². The van der Waals surface area contributed by atoms with Crippen LogP contribution in [0.25, 0.3) is 26.1 Å². The minimum absolute atomic E-state index is 0.0265. The molecule has 2 aliphatic heterocycles. The van der Waals surface area contributed by atoms with Gasteiger partial charge in [-0.3, -0.25) is 18.9 Å². The van der Waals surface area contributed by atoms with Crippen LogP contribution in [0.1, 0.15) is 10.4 Å². The van der Waals surface area contributed by atoms with Gasteiger partial charge in [-0.15, -0.1) is 11.3 Å². The number of thiazole rings is 1. The highest BCUT2D eigenvalue weighted by atomic mass is 32.1. The van der Waals surface area contributed by atoms with E-state index in [-0.39, 0.29) is 16.8 Å². The maximum absolute atomic E-state index is 15.2.